The van der Waals surface area contributed by atoms with Gasteiger partial charge in [0.1, 0.15) is 16.6 Å². The largest absolute Gasteiger partial charge is 0.330 e. The fraction of sp³-hybridized carbons (Fsp3) is 0.200. The Hall–Kier alpha value is -1.40. The van der Waals surface area contributed by atoms with Crippen molar-refractivity contribution in [2.24, 2.45) is 5.73 Å². The van der Waals surface area contributed by atoms with Crippen LogP contribution in [-0.4, -0.2) is 16.7 Å². The molecule has 0 aliphatic heterocycles. The highest BCUT2D eigenvalue weighted by Crippen LogP contribution is 2.28. The number of aromatic nitrogens is 2. The Bertz CT molecular complexity index is 478. The quantitative estimate of drug-likeness (QED) is 0.894. The zero-order chi connectivity index (χ0) is 11.5. The van der Waals surface area contributed by atoms with Crippen molar-refractivity contribution in [2.75, 3.05) is 6.54 Å². The van der Waals surface area contributed by atoms with E-state index in [-0.39, 0.29) is 10.6 Å². The molecule has 0 amide bonds. The number of nitrogens with zero attached hydrogens (tertiary/aromatic N) is 2. The third-order valence-corrected chi connectivity index (χ3v) is 3.00. The highest BCUT2D eigenvalue weighted by molar-refractivity contribution is 7.14. The molecular formula is C10H9F2N3S. The van der Waals surface area contributed by atoms with Crippen LogP contribution in [0.1, 0.15) is 5.01 Å². The molecule has 0 atom stereocenters. The first-order valence-corrected chi connectivity index (χ1v) is 5.51. The number of hydrogen-bond acceptors (Lipinski definition) is 4. The maximum absolute atomic E-state index is 13.4. The summed E-state index contributed by atoms with van der Waals surface area (Å²) in [5, 5.41) is 8.51. The van der Waals surface area contributed by atoms with Crippen LogP contribution in [-0.2, 0) is 6.42 Å². The molecule has 6 heteroatoms. The molecule has 0 aliphatic rings. The lowest BCUT2D eigenvalue weighted by molar-refractivity contribution is 0.589. The molecule has 0 radical (unpaired) electrons. The summed E-state index contributed by atoms with van der Waals surface area (Å²) in [6, 6.07) is 3.71. The van der Waals surface area contributed by atoms with Gasteiger partial charge in [-0.3, -0.25) is 0 Å². The second-order valence-corrected chi connectivity index (χ2v) is 4.20. The molecule has 1 aromatic heterocycles. The molecule has 16 heavy (non-hydrogen) atoms. The normalized spacial score (nSPS) is 10.7. The van der Waals surface area contributed by atoms with Gasteiger partial charge in [-0.15, -0.1) is 10.2 Å². The van der Waals surface area contributed by atoms with Gasteiger partial charge in [0.25, 0.3) is 0 Å². The van der Waals surface area contributed by atoms with E-state index < -0.39 is 11.6 Å². The van der Waals surface area contributed by atoms with E-state index in [1.165, 1.54) is 18.2 Å². The van der Waals surface area contributed by atoms with E-state index >= 15 is 0 Å². The van der Waals surface area contributed by atoms with Crippen LogP contribution in [0.25, 0.3) is 10.6 Å². The highest BCUT2D eigenvalue weighted by Gasteiger charge is 2.15. The van der Waals surface area contributed by atoms with Crippen LogP contribution >= 0.6 is 11.3 Å². The fourth-order valence-electron chi connectivity index (χ4n) is 1.28. The van der Waals surface area contributed by atoms with E-state index in [9.17, 15) is 8.78 Å². The molecule has 0 aliphatic carbocycles. The summed E-state index contributed by atoms with van der Waals surface area (Å²) < 4.78 is 26.8. The summed E-state index contributed by atoms with van der Waals surface area (Å²) in [6.07, 6.45) is 0.563. The predicted molar refractivity (Wildman–Crippen MR) is 58.0 cm³/mol. The van der Waals surface area contributed by atoms with Gasteiger partial charge >= 0.3 is 0 Å². The lowest BCUT2D eigenvalue weighted by Gasteiger charge is -1.98. The van der Waals surface area contributed by atoms with Crippen molar-refractivity contribution in [3.8, 4) is 10.6 Å². The predicted octanol–water partition coefficient (Wildman–Crippen LogP) is 1.98. The topological polar surface area (TPSA) is 51.8 Å². The Labute approximate surface area is 94.9 Å². The maximum Gasteiger partial charge on any atom is 0.153 e. The molecule has 2 aromatic rings. The lowest BCUT2D eigenvalue weighted by Crippen LogP contribution is -2.01. The molecule has 0 saturated heterocycles. The Morgan fingerprint density at radius 2 is 1.88 bits per heavy atom. The van der Waals surface area contributed by atoms with Gasteiger partial charge in [0.15, 0.2) is 5.01 Å². The van der Waals surface area contributed by atoms with Gasteiger partial charge in [-0.25, -0.2) is 8.78 Å². The number of halogens is 2. The van der Waals surface area contributed by atoms with E-state index in [1.54, 1.807) is 0 Å². The maximum atomic E-state index is 13.4. The standard InChI is InChI=1S/C10H9F2N3S/c11-6-2-1-3-7(12)9(6)10-15-14-8(16-10)4-5-13/h1-3H,4-5,13H2. The van der Waals surface area contributed by atoms with Gasteiger partial charge in [-0.2, -0.15) is 0 Å². The molecule has 3 nitrogen and oxygen atoms in total. The van der Waals surface area contributed by atoms with Crippen molar-refractivity contribution in [3.05, 3.63) is 34.8 Å². The number of hydrogen-bond donors (Lipinski definition) is 1. The molecule has 0 fully saturated rings. The van der Waals surface area contributed by atoms with Crippen molar-refractivity contribution in [1.82, 2.24) is 10.2 Å². The summed E-state index contributed by atoms with van der Waals surface area (Å²) in [5.74, 6) is -1.26. The van der Waals surface area contributed by atoms with E-state index in [0.29, 0.717) is 18.0 Å². The summed E-state index contributed by atoms with van der Waals surface area (Å²) in [6.45, 7) is 0.439. The van der Waals surface area contributed by atoms with E-state index in [1.807, 2.05) is 0 Å². The van der Waals surface area contributed by atoms with Crippen molar-refractivity contribution < 1.29 is 8.78 Å². The molecule has 0 bridgehead atoms. The Kier molecular flexibility index (Phi) is 3.21. The van der Waals surface area contributed by atoms with Gasteiger partial charge in [0, 0.05) is 6.42 Å². The van der Waals surface area contributed by atoms with Crippen LogP contribution in [0, 0.1) is 11.6 Å². The summed E-state index contributed by atoms with van der Waals surface area (Å²) in [5.41, 5.74) is 5.24. The van der Waals surface area contributed by atoms with Crippen molar-refractivity contribution >= 4 is 11.3 Å². The van der Waals surface area contributed by atoms with Crippen LogP contribution in [0.15, 0.2) is 18.2 Å². The van der Waals surface area contributed by atoms with Crippen molar-refractivity contribution in [3.63, 3.8) is 0 Å². The van der Waals surface area contributed by atoms with Crippen LogP contribution in [0.3, 0.4) is 0 Å². The monoisotopic (exact) mass is 241 g/mol. The van der Waals surface area contributed by atoms with Crippen LogP contribution < -0.4 is 5.73 Å². The summed E-state index contributed by atoms with van der Waals surface area (Å²) in [4.78, 5) is 0. The highest BCUT2D eigenvalue weighted by atomic mass is 32.1. The molecule has 0 saturated carbocycles. The minimum Gasteiger partial charge on any atom is -0.330 e. The zero-order valence-corrected chi connectivity index (χ0v) is 9.10. The number of nitrogens with two attached hydrogens (primary N) is 1. The lowest BCUT2D eigenvalue weighted by atomic mass is 10.2. The molecule has 2 rings (SSSR count). The Morgan fingerprint density at radius 1 is 1.19 bits per heavy atom. The number of rotatable bonds is 3. The molecule has 1 heterocycles. The van der Waals surface area contributed by atoms with Crippen LogP contribution in [0.5, 0.6) is 0 Å². The van der Waals surface area contributed by atoms with Crippen LogP contribution in [0.4, 0.5) is 8.78 Å². The minimum absolute atomic E-state index is 0.122. The SMILES string of the molecule is NCCc1nnc(-c2c(F)cccc2F)s1. The van der Waals surface area contributed by atoms with Gasteiger partial charge in [-0.05, 0) is 18.7 Å². The van der Waals surface area contributed by atoms with Crippen molar-refractivity contribution in [2.45, 2.75) is 6.42 Å². The first-order valence-electron chi connectivity index (χ1n) is 4.69. The first kappa shape index (κ1) is 11.1. The number of benzene rings is 1. The molecular weight excluding hydrogens is 232 g/mol. The van der Waals surface area contributed by atoms with Crippen LogP contribution in [0.2, 0.25) is 0 Å². The fourth-order valence-corrected chi connectivity index (χ4v) is 2.18. The first-order chi connectivity index (χ1) is 7.72. The molecule has 0 spiro atoms. The third-order valence-electron chi connectivity index (χ3n) is 2.00. The second-order valence-electron chi connectivity index (χ2n) is 3.14. The Morgan fingerprint density at radius 3 is 2.50 bits per heavy atom. The molecule has 2 N–H and O–H groups in total. The summed E-state index contributed by atoms with van der Waals surface area (Å²) >= 11 is 1.16. The smallest absolute Gasteiger partial charge is 0.153 e. The molecule has 84 valence electrons. The minimum atomic E-state index is -0.629. The summed E-state index contributed by atoms with van der Waals surface area (Å²) in [7, 11) is 0. The Balaban J connectivity index is 2.42. The van der Waals surface area contributed by atoms with Crippen molar-refractivity contribution in [1.29, 1.82) is 0 Å². The average molecular weight is 241 g/mol. The second kappa shape index (κ2) is 4.63. The van der Waals surface area contributed by atoms with E-state index in [2.05, 4.69) is 10.2 Å². The molecule has 0 unspecified atom stereocenters. The van der Waals surface area contributed by atoms with Gasteiger partial charge in [0.05, 0.1) is 5.56 Å². The van der Waals surface area contributed by atoms with Gasteiger partial charge in [-0.1, -0.05) is 17.4 Å². The molecule has 1 aromatic carbocycles. The average Bonchev–Trinajstić information content (AvgIpc) is 2.67. The zero-order valence-electron chi connectivity index (χ0n) is 8.28. The van der Waals surface area contributed by atoms with E-state index in [0.717, 1.165) is 11.3 Å². The van der Waals surface area contributed by atoms with Gasteiger partial charge in [0.2, 0.25) is 0 Å². The van der Waals surface area contributed by atoms with Gasteiger partial charge < -0.3 is 5.73 Å². The third kappa shape index (κ3) is 2.07. The van der Waals surface area contributed by atoms with E-state index in [4.69, 9.17) is 5.73 Å².